The number of rotatable bonds is 7. The van der Waals surface area contributed by atoms with Gasteiger partial charge >= 0.3 is 0 Å². The normalized spacial score (nSPS) is 13.5. The molecule has 3 N–H and O–H groups in total. The van der Waals surface area contributed by atoms with Crippen LogP contribution in [0.25, 0.3) is 0 Å². The maximum Gasteiger partial charge on any atom is 0.237 e. The lowest BCUT2D eigenvalue weighted by molar-refractivity contribution is -0.123. The molecule has 0 aromatic heterocycles. The number of nitrogens with two attached hydrogens (primary N) is 1. The summed E-state index contributed by atoms with van der Waals surface area (Å²) in [5.41, 5.74) is 9.58. The van der Waals surface area contributed by atoms with Crippen LogP contribution in [0.1, 0.15) is 43.0 Å². The van der Waals surface area contributed by atoms with Gasteiger partial charge in [0.1, 0.15) is 0 Å². The Morgan fingerprint density at radius 1 is 1.04 bits per heavy atom. The highest BCUT2D eigenvalue weighted by Crippen LogP contribution is 2.19. The smallest absolute Gasteiger partial charge is 0.237 e. The van der Waals surface area contributed by atoms with Crippen LogP contribution in [-0.4, -0.2) is 11.9 Å². The SMILES string of the molecule is Cc1ccc(C[C@@H](NC(=O)[C@@H](N)CC(C)C)c2ccccc2)cc1. The summed E-state index contributed by atoms with van der Waals surface area (Å²) in [6.07, 6.45) is 1.45. The zero-order valence-corrected chi connectivity index (χ0v) is 14.8. The van der Waals surface area contributed by atoms with E-state index in [1.54, 1.807) is 0 Å². The minimum absolute atomic E-state index is 0.0698. The average molecular weight is 324 g/mol. The molecule has 2 atom stereocenters. The maximum atomic E-state index is 12.5. The molecule has 128 valence electrons. The van der Waals surface area contributed by atoms with Crippen LogP contribution < -0.4 is 11.1 Å². The van der Waals surface area contributed by atoms with Crippen LogP contribution in [0.5, 0.6) is 0 Å². The van der Waals surface area contributed by atoms with Crippen molar-refractivity contribution < 1.29 is 4.79 Å². The van der Waals surface area contributed by atoms with Crippen molar-refractivity contribution >= 4 is 5.91 Å². The first kappa shape index (κ1) is 18.2. The molecule has 0 unspecified atom stereocenters. The second-order valence-corrected chi connectivity index (χ2v) is 6.90. The van der Waals surface area contributed by atoms with E-state index in [0.29, 0.717) is 12.3 Å². The Kier molecular flexibility index (Phi) is 6.56. The van der Waals surface area contributed by atoms with Crippen molar-refractivity contribution in [2.45, 2.75) is 45.7 Å². The Bertz CT molecular complexity index is 635. The van der Waals surface area contributed by atoms with E-state index in [2.05, 4.69) is 50.4 Å². The molecule has 0 heterocycles. The van der Waals surface area contributed by atoms with E-state index in [4.69, 9.17) is 5.73 Å². The first-order chi connectivity index (χ1) is 11.5. The number of carbonyl (C=O) groups excluding carboxylic acids is 1. The predicted molar refractivity (Wildman–Crippen MR) is 99.6 cm³/mol. The van der Waals surface area contributed by atoms with Gasteiger partial charge in [-0.15, -0.1) is 0 Å². The van der Waals surface area contributed by atoms with Gasteiger partial charge in [0.2, 0.25) is 5.91 Å². The monoisotopic (exact) mass is 324 g/mol. The Hall–Kier alpha value is -2.13. The molecule has 0 aliphatic carbocycles. The lowest BCUT2D eigenvalue weighted by atomic mass is 9.97. The lowest BCUT2D eigenvalue weighted by Gasteiger charge is -2.22. The van der Waals surface area contributed by atoms with E-state index in [0.717, 1.165) is 12.0 Å². The highest BCUT2D eigenvalue weighted by molar-refractivity contribution is 5.81. The summed E-state index contributed by atoms with van der Waals surface area (Å²) in [6.45, 7) is 6.23. The van der Waals surface area contributed by atoms with Gasteiger partial charge in [-0.3, -0.25) is 4.79 Å². The quantitative estimate of drug-likeness (QED) is 0.814. The van der Waals surface area contributed by atoms with Crippen LogP contribution in [0, 0.1) is 12.8 Å². The molecule has 0 radical (unpaired) electrons. The Balaban J connectivity index is 2.14. The van der Waals surface area contributed by atoms with Crippen LogP contribution in [-0.2, 0) is 11.2 Å². The summed E-state index contributed by atoms with van der Waals surface area (Å²) >= 11 is 0. The minimum atomic E-state index is -0.464. The van der Waals surface area contributed by atoms with E-state index in [1.165, 1.54) is 11.1 Å². The molecule has 24 heavy (non-hydrogen) atoms. The fourth-order valence-electron chi connectivity index (χ4n) is 2.79. The Morgan fingerprint density at radius 2 is 1.67 bits per heavy atom. The van der Waals surface area contributed by atoms with Crippen molar-refractivity contribution in [3.8, 4) is 0 Å². The summed E-state index contributed by atoms with van der Waals surface area (Å²) in [5, 5.41) is 3.14. The zero-order valence-electron chi connectivity index (χ0n) is 14.8. The van der Waals surface area contributed by atoms with E-state index in [9.17, 15) is 4.79 Å². The first-order valence-corrected chi connectivity index (χ1v) is 8.62. The predicted octanol–water partition coefficient (Wildman–Crippen LogP) is 3.77. The van der Waals surface area contributed by atoms with Crippen LogP contribution >= 0.6 is 0 Å². The van der Waals surface area contributed by atoms with Gasteiger partial charge in [0.15, 0.2) is 0 Å². The molecular weight excluding hydrogens is 296 g/mol. The number of nitrogens with one attached hydrogen (secondary N) is 1. The van der Waals surface area contributed by atoms with Crippen molar-refractivity contribution in [1.29, 1.82) is 0 Å². The second kappa shape index (κ2) is 8.65. The maximum absolute atomic E-state index is 12.5. The highest BCUT2D eigenvalue weighted by atomic mass is 16.2. The summed E-state index contributed by atoms with van der Waals surface area (Å²) in [7, 11) is 0. The van der Waals surface area contributed by atoms with Gasteiger partial charge in [-0.25, -0.2) is 0 Å². The molecule has 2 aromatic rings. The molecule has 3 heteroatoms. The number of benzene rings is 2. The molecule has 2 aromatic carbocycles. The largest absolute Gasteiger partial charge is 0.348 e. The summed E-state index contributed by atoms with van der Waals surface area (Å²) in [6, 6.07) is 18.0. The number of hydrogen-bond acceptors (Lipinski definition) is 2. The van der Waals surface area contributed by atoms with E-state index >= 15 is 0 Å². The van der Waals surface area contributed by atoms with Gasteiger partial charge in [0, 0.05) is 0 Å². The topological polar surface area (TPSA) is 55.1 Å². The second-order valence-electron chi connectivity index (χ2n) is 6.90. The van der Waals surface area contributed by atoms with Gasteiger partial charge in [-0.1, -0.05) is 74.0 Å². The molecule has 0 saturated carbocycles. The fraction of sp³-hybridized carbons (Fsp3) is 0.381. The van der Waals surface area contributed by atoms with Gasteiger partial charge in [0.05, 0.1) is 12.1 Å². The van der Waals surface area contributed by atoms with Gasteiger partial charge in [-0.2, -0.15) is 0 Å². The average Bonchev–Trinajstić information content (AvgIpc) is 2.56. The summed E-state index contributed by atoms with van der Waals surface area (Å²) < 4.78 is 0. The van der Waals surface area contributed by atoms with Crippen molar-refractivity contribution in [1.82, 2.24) is 5.32 Å². The lowest BCUT2D eigenvalue weighted by Crippen LogP contribution is -2.43. The van der Waals surface area contributed by atoms with Gasteiger partial charge < -0.3 is 11.1 Å². The zero-order chi connectivity index (χ0) is 17.5. The number of amides is 1. The van der Waals surface area contributed by atoms with Crippen LogP contribution in [0.15, 0.2) is 54.6 Å². The van der Waals surface area contributed by atoms with Gasteiger partial charge in [-0.05, 0) is 36.8 Å². The highest BCUT2D eigenvalue weighted by Gasteiger charge is 2.20. The standard InChI is InChI=1S/C21H28N2O/c1-15(2)13-19(22)21(24)23-20(18-7-5-4-6-8-18)14-17-11-9-16(3)10-12-17/h4-12,15,19-20H,13-14,22H2,1-3H3,(H,23,24)/t19-,20+/m0/s1. The van der Waals surface area contributed by atoms with Crippen molar-refractivity contribution in [2.24, 2.45) is 11.7 Å². The summed E-state index contributed by atoms with van der Waals surface area (Å²) in [5.74, 6) is 0.322. The molecule has 0 aliphatic heterocycles. The van der Waals surface area contributed by atoms with Gasteiger partial charge in [0.25, 0.3) is 0 Å². The first-order valence-electron chi connectivity index (χ1n) is 8.62. The molecule has 0 saturated heterocycles. The molecule has 0 spiro atoms. The molecular formula is C21H28N2O. The Labute approximate surface area is 145 Å². The molecule has 3 nitrogen and oxygen atoms in total. The van der Waals surface area contributed by atoms with Crippen molar-refractivity contribution in [3.63, 3.8) is 0 Å². The molecule has 2 rings (SSSR count). The number of carbonyl (C=O) groups is 1. The molecule has 0 fully saturated rings. The third-order valence-electron chi connectivity index (χ3n) is 4.14. The third kappa shape index (κ3) is 5.50. The molecule has 0 aliphatic rings. The summed E-state index contributed by atoms with van der Waals surface area (Å²) in [4.78, 5) is 12.5. The molecule has 1 amide bonds. The number of hydrogen-bond donors (Lipinski definition) is 2. The van der Waals surface area contributed by atoms with E-state index in [-0.39, 0.29) is 11.9 Å². The van der Waals surface area contributed by atoms with E-state index in [1.807, 2.05) is 30.3 Å². The van der Waals surface area contributed by atoms with E-state index < -0.39 is 6.04 Å². The van der Waals surface area contributed by atoms with Crippen LogP contribution in [0.4, 0.5) is 0 Å². The third-order valence-corrected chi connectivity index (χ3v) is 4.14. The van der Waals surface area contributed by atoms with Crippen molar-refractivity contribution in [2.75, 3.05) is 0 Å². The van der Waals surface area contributed by atoms with Crippen molar-refractivity contribution in [3.05, 3.63) is 71.3 Å². The molecule has 0 bridgehead atoms. The minimum Gasteiger partial charge on any atom is -0.348 e. The fourth-order valence-corrected chi connectivity index (χ4v) is 2.79. The van der Waals surface area contributed by atoms with Crippen LogP contribution in [0.3, 0.4) is 0 Å². The van der Waals surface area contributed by atoms with Crippen LogP contribution in [0.2, 0.25) is 0 Å². The Morgan fingerprint density at radius 3 is 2.25 bits per heavy atom. The number of aryl methyl sites for hydroxylation is 1.